The molecule has 0 spiro atoms. The molecule has 7 nitrogen and oxygen atoms in total. The molecule has 2 N–H and O–H groups in total. The number of rotatable bonds is 5. The van der Waals surface area contributed by atoms with Gasteiger partial charge in [-0.05, 0) is 42.0 Å². The number of carboxylic acids is 1. The molecule has 3 rings (SSSR count). The monoisotopic (exact) mass is 400 g/mol. The number of ether oxygens (including phenoxy) is 2. The van der Waals surface area contributed by atoms with Crippen LogP contribution in [0.15, 0.2) is 41.2 Å². The van der Waals surface area contributed by atoms with Gasteiger partial charge in [0.15, 0.2) is 11.5 Å². The first kappa shape index (κ1) is 19.3. The second-order valence-corrected chi connectivity index (χ2v) is 6.29. The van der Waals surface area contributed by atoms with Gasteiger partial charge in [-0.1, -0.05) is 24.2 Å². The van der Waals surface area contributed by atoms with Crippen molar-refractivity contribution in [3.8, 4) is 17.2 Å². The number of H-pyrrole nitrogens is 1. The van der Waals surface area contributed by atoms with E-state index in [1.165, 1.54) is 31.0 Å². The molecule has 0 radical (unpaired) electrons. The fourth-order valence-electron chi connectivity index (χ4n) is 2.79. The van der Waals surface area contributed by atoms with E-state index in [0.717, 1.165) is 0 Å². The van der Waals surface area contributed by atoms with Crippen LogP contribution in [0.25, 0.3) is 18.3 Å². The number of halogens is 1. The highest BCUT2D eigenvalue weighted by atomic mass is 35.5. The number of carboxylic acid groups (broad SMARTS) is 1. The molecule has 0 aliphatic heterocycles. The number of aromatic nitrogens is 2. The normalized spacial score (nSPS) is 11.5. The van der Waals surface area contributed by atoms with Crippen molar-refractivity contribution in [2.45, 2.75) is 0 Å². The van der Waals surface area contributed by atoms with Gasteiger partial charge in [0, 0.05) is 0 Å². The van der Waals surface area contributed by atoms with Crippen LogP contribution in [0.5, 0.6) is 11.5 Å². The average molecular weight is 401 g/mol. The summed E-state index contributed by atoms with van der Waals surface area (Å²) in [7, 11) is 2.97. The third kappa shape index (κ3) is 3.52. The van der Waals surface area contributed by atoms with E-state index >= 15 is 0 Å². The number of aromatic amines is 1. The van der Waals surface area contributed by atoms with E-state index in [0.29, 0.717) is 38.3 Å². The van der Waals surface area contributed by atoms with Crippen LogP contribution in [-0.2, 0) is 0 Å². The first-order valence-electron chi connectivity index (χ1n) is 8.12. The molecule has 0 aliphatic rings. The standard InChI is InChI=1S/C20H17ClN2O5/c1-11-15(7-12-8-16(21)18(28-3)17(9-12)27-2)19(24)23(22-11)14-6-4-5-13(10-14)20(25)26/h4-10,22H,1H2,2-3H3,(H,25,26)/b15-7-. The minimum Gasteiger partial charge on any atom is -0.493 e. The van der Waals surface area contributed by atoms with E-state index in [9.17, 15) is 9.59 Å². The molecule has 0 bridgehead atoms. The SMILES string of the molecule is C=c1[nH]n(-c2cccc(C(=O)O)c2)c(=O)/c1=C\c1cc(Cl)c(OC)c(OC)c1. The van der Waals surface area contributed by atoms with Crippen LogP contribution in [-0.4, -0.2) is 35.1 Å². The summed E-state index contributed by atoms with van der Waals surface area (Å²) in [5.74, 6) is -0.256. The maximum Gasteiger partial charge on any atom is 0.335 e. The Kier molecular flexibility index (Phi) is 5.28. The lowest BCUT2D eigenvalue weighted by Gasteiger charge is -2.09. The fraction of sp³-hybridized carbons (Fsp3) is 0.100. The van der Waals surface area contributed by atoms with E-state index in [2.05, 4.69) is 11.7 Å². The zero-order chi connectivity index (χ0) is 20.4. The molecule has 2 aromatic carbocycles. The topological polar surface area (TPSA) is 93.6 Å². The number of hydrogen-bond acceptors (Lipinski definition) is 4. The number of aromatic carboxylic acids is 1. The largest absolute Gasteiger partial charge is 0.493 e. The highest BCUT2D eigenvalue weighted by Crippen LogP contribution is 2.36. The lowest BCUT2D eigenvalue weighted by molar-refractivity contribution is 0.0697. The molecule has 0 aliphatic carbocycles. The first-order valence-corrected chi connectivity index (χ1v) is 8.50. The van der Waals surface area contributed by atoms with Crippen molar-refractivity contribution in [1.82, 2.24) is 9.78 Å². The molecule has 0 saturated heterocycles. The zero-order valence-corrected chi connectivity index (χ0v) is 15.9. The van der Waals surface area contributed by atoms with Crippen LogP contribution >= 0.6 is 11.6 Å². The summed E-state index contributed by atoms with van der Waals surface area (Å²) in [6, 6.07) is 9.36. The van der Waals surface area contributed by atoms with Gasteiger partial charge in [0.1, 0.15) is 0 Å². The van der Waals surface area contributed by atoms with E-state index in [4.69, 9.17) is 26.2 Å². The molecule has 0 unspecified atom stereocenters. The van der Waals surface area contributed by atoms with E-state index in [1.807, 2.05) is 0 Å². The van der Waals surface area contributed by atoms with Gasteiger partial charge in [-0.3, -0.25) is 9.89 Å². The van der Waals surface area contributed by atoms with E-state index in [1.54, 1.807) is 30.3 Å². The number of benzene rings is 2. The highest BCUT2D eigenvalue weighted by Gasteiger charge is 2.12. The van der Waals surface area contributed by atoms with Crippen molar-refractivity contribution in [3.63, 3.8) is 0 Å². The maximum absolute atomic E-state index is 12.9. The predicted octanol–water partition coefficient (Wildman–Crippen LogP) is 1.77. The summed E-state index contributed by atoms with van der Waals surface area (Å²) in [6.07, 6.45) is 1.62. The summed E-state index contributed by atoms with van der Waals surface area (Å²) in [5.41, 5.74) is 0.704. The first-order chi connectivity index (χ1) is 13.3. The molecule has 1 aromatic heterocycles. The van der Waals surface area contributed by atoms with Gasteiger partial charge in [0.05, 0.1) is 41.1 Å². The molecule has 144 valence electrons. The minimum absolute atomic E-state index is 0.0711. The second-order valence-electron chi connectivity index (χ2n) is 5.88. The van der Waals surface area contributed by atoms with Gasteiger partial charge >= 0.3 is 5.97 Å². The quantitative estimate of drug-likeness (QED) is 0.681. The van der Waals surface area contributed by atoms with Crippen molar-refractivity contribution < 1.29 is 19.4 Å². The van der Waals surface area contributed by atoms with Crippen LogP contribution in [0.1, 0.15) is 15.9 Å². The Morgan fingerprint density at radius 2 is 2.00 bits per heavy atom. The summed E-state index contributed by atoms with van der Waals surface area (Å²) < 4.78 is 11.7. The van der Waals surface area contributed by atoms with Crippen molar-refractivity contribution in [2.75, 3.05) is 14.2 Å². The van der Waals surface area contributed by atoms with Gasteiger partial charge in [-0.2, -0.15) is 0 Å². The Labute approximate surface area is 164 Å². The lowest BCUT2D eigenvalue weighted by Crippen LogP contribution is -2.34. The third-order valence-electron chi connectivity index (χ3n) is 4.12. The average Bonchev–Trinajstić information content (AvgIpc) is 2.95. The number of nitrogens with one attached hydrogen (secondary N) is 1. The second kappa shape index (κ2) is 7.66. The van der Waals surface area contributed by atoms with Crippen molar-refractivity contribution in [3.05, 3.63) is 73.5 Å². The molecule has 1 heterocycles. The molecular formula is C20H17ClN2O5. The molecule has 28 heavy (non-hydrogen) atoms. The van der Waals surface area contributed by atoms with E-state index in [-0.39, 0.29) is 11.1 Å². The Morgan fingerprint density at radius 1 is 1.25 bits per heavy atom. The van der Waals surface area contributed by atoms with Crippen LogP contribution in [0.4, 0.5) is 0 Å². The Morgan fingerprint density at radius 3 is 2.64 bits per heavy atom. The number of methoxy groups -OCH3 is 2. The van der Waals surface area contributed by atoms with Crippen LogP contribution < -0.4 is 25.6 Å². The van der Waals surface area contributed by atoms with Gasteiger partial charge in [-0.15, -0.1) is 0 Å². The van der Waals surface area contributed by atoms with Crippen LogP contribution in [0, 0.1) is 0 Å². The number of carbonyl (C=O) groups is 1. The summed E-state index contributed by atoms with van der Waals surface area (Å²) in [6.45, 7) is 3.87. The Bertz CT molecular complexity index is 1230. The molecule has 3 aromatic rings. The van der Waals surface area contributed by atoms with Crippen molar-refractivity contribution in [2.24, 2.45) is 0 Å². The molecular weight excluding hydrogens is 384 g/mol. The third-order valence-corrected chi connectivity index (χ3v) is 4.40. The number of nitrogens with zero attached hydrogens (tertiary/aromatic N) is 1. The molecule has 0 fully saturated rings. The van der Waals surface area contributed by atoms with E-state index < -0.39 is 5.97 Å². The van der Waals surface area contributed by atoms with Gasteiger partial charge < -0.3 is 14.6 Å². The van der Waals surface area contributed by atoms with Crippen molar-refractivity contribution in [1.29, 1.82) is 0 Å². The summed E-state index contributed by atoms with van der Waals surface area (Å²) >= 11 is 6.22. The summed E-state index contributed by atoms with van der Waals surface area (Å²) in [4.78, 5) is 24.0. The van der Waals surface area contributed by atoms with Crippen LogP contribution in [0.2, 0.25) is 5.02 Å². The predicted molar refractivity (Wildman–Crippen MR) is 106 cm³/mol. The zero-order valence-electron chi connectivity index (χ0n) is 15.2. The number of hydrogen-bond donors (Lipinski definition) is 2. The molecule has 0 amide bonds. The Hall–Kier alpha value is -3.45. The molecule has 8 heteroatoms. The molecule has 0 atom stereocenters. The summed E-state index contributed by atoms with van der Waals surface area (Å²) in [5, 5.41) is 13.0. The fourth-order valence-corrected chi connectivity index (χ4v) is 3.09. The maximum atomic E-state index is 12.9. The highest BCUT2D eigenvalue weighted by molar-refractivity contribution is 6.32. The van der Waals surface area contributed by atoms with Crippen molar-refractivity contribution >= 4 is 30.2 Å². The smallest absolute Gasteiger partial charge is 0.335 e. The van der Waals surface area contributed by atoms with Gasteiger partial charge in [0.25, 0.3) is 5.56 Å². The minimum atomic E-state index is -1.08. The van der Waals surface area contributed by atoms with Gasteiger partial charge in [0.2, 0.25) is 0 Å². The van der Waals surface area contributed by atoms with Crippen LogP contribution in [0.3, 0.4) is 0 Å². The Balaban J connectivity index is 2.17. The van der Waals surface area contributed by atoms with Gasteiger partial charge in [-0.25, -0.2) is 9.48 Å². The molecule has 0 saturated carbocycles. The lowest BCUT2D eigenvalue weighted by atomic mass is 10.1.